The van der Waals surface area contributed by atoms with Crippen LogP contribution in [0.2, 0.25) is 5.02 Å². The summed E-state index contributed by atoms with van der Waals surface area (Å²) in [5.74, 6) is -2.74. The Bertz CT molecular complexity index is 742. The lowest BCUT2D eigenvalue weighted by molar-refractivity contribution is -0.159. The van der Waals surface area contributed by atoms with Crippen LogP contribution in [0.3, 0.4) is 0 Å². The van der Waals surface area contributed by atoms with Crippen molar-refractivity contribution in [2.75, 3.05) is 13.7 Å². The fourth-order valence-electron chi connectivity index (χ4n) is 2.03. The molecule has 0 fully saturated rings. The summed E-state index contributed by atoms with van der Waals surface area (Å²) in [6.45, 7) is 1.68. The van der Waals surface area contributed by atoms with Crippen molar-refractivity contribution < 1.29 is 24.5 Å². The van der Waals surface area contributed by atoms with E-state index in [2.05, 4.69) is 33.4 Å². The van der Waals surface area contributed by atoms with Gasteiger partial charge in [-0.25, -0.2) is 9.59 Å². The first-order chi connectivity index (χ1) is 12.3. The highest BCUT2D eigenvalue weighted by atomic mass is 79.9. The molecule has 0 aromatic heterocycles. The minimum atomic E-state index is -1.82. The van der Waals surface area contributed by atoms with Gasteiger partial charge in [0.1, 0.15) is 5.75 Å². The zero-order valence-electron chi connectivity index (χ0n) is 14.0. The van der Waals surface area contributed by atoms with Gasteiger partial charge in [-0.3, -0.25) is 0 Å². The fourth-order valence-corrected chi connectivity index (χ4v) is 2.65. The average molecular weight is 445 g/mol. The van der Waals surface area contributed by atoms with Crippen molar-refractivity contribution in [2.24, 2.45) is 0 Å². The van der Waals surface area contributed by atoms with E-state index in [0.717, 1.165) is 40.3 Å². The predicted molar refractivity (Wildman–Crippen MR) is 103 cm³/mol. The first kappa shape index (κ1) is 22.0. The zero-order chi connectivity index (χ0) is 19.5. The Morgan fingerprint density at radius 1 is 1.15 bits per heavy atom. The van der Waals surface area contributed by atoms with E-state index in [9.17, 15) is 0 Å². The molecule has 0 bridgehead atoms. The third-order valence-electron chi connectivity index (χ3n) is 3.22. The molecule has 0 atom stereocenters. The van der Waals surface area contributed by atoms with Crippen molar-refractivity contribution in [3.8, 4) is 5.75 Å². The molecule has 8 heteroatoms. The van der Waals surface area contributed by atoms with E-state index in [4.69, 9.17) is 36.1 Å². The lowest BCUT2D eigenvalue weighted by Crippen LogP contribution is -2.17. The van der Waals surface area contributed by atoms with Gasteiger partial charge in [0, 0.05) is 21.6 Å². The largest absolute Gasteiger partial charge is 0.496 e. The van der Waals surface area contributed by atoms with Gasteiger partial charge < -0.3 is 20.3 Å². The number of carboxylic acid groups (broad SMARTS) is 2. The van der Waals surface area contributed by atoms with E-state index in [1.807, 2.05) is 30.3 Å². The number of carbonyl (C=O) groups is 2. The average Bonchev–Trinajstić information content (AvgIpc) is 2.59. The van der Waals surface area contributed by atoms with Crippen LogP contribution < -0.4 is 10.1 Å². The second-order valence-electron chi connectivity index (χ2n) is 5.12. The van der Waals surface area contributed by atoms with E-state index < -0.39 is 11.9 Å². The highest BCUT2D eigenvalue weighted by Gasteiger charge is 2.04. The number of nitrogens with one attached hydrogen (secondary N) is 1. The van der Waals surface area contributed by atoms with Gasteiger partial charge in [0.25, 0.3) is 0 Å². The molecule has 3 N–H and O–H groups in total. The summed E-state index contributed by atoms with van der Waals surface area (Å²) < 4.78 is 6.41. The first-order valence-electron chi connectivity index (χ1n) is 7.57. The fraction of sp³-hybridized carbons (Fsp3) is 0.222. The maximum absolute atomic E-state index is 9.10. The minimum absolute atomic E-state index is 0.781. The molecule has 0 spiro atoms. The van der Waals surface area contributed by atoms with Crippen molar-refractivity contribution in [1.82, 2.24) is 5.32 Å². The van der Waals surface area contributed by atoms with Crippen LogP contribution in [0, 0.1) is 0 Å². The van der Waals surface area contributed by atoms with Gasteiger partial charge >= 0.3 is 11.9 Å². The molecular formula is C18H19BrClNO5. The molecule has 26 heavy (non-hydrogen) atoms. The summed E-state index contributed by atoms with van der Waals surface area (Å²) >= 11 is 9.45. The molecule has 2 aromatic rings. The monoisotopic (exact) mass is 443 g/mol. The van der Waals surface area contributed by atoms with E-state index >= 15 is 0 Å². The Balaban J connectivity index is 0.000000487. The quantitative estimate of drug-likeness (QED) is 0.465. The summed E-state index contributed by atoms with van der Waals surface area (Å²) in [7, 11) is 1.69. The van der Waals surface area contributed by atoms with E-state index in [1.165, 1.54) is 5.56 Å². The van der Waals surface area contributed by atoms with Crippen molar-refractivity contribution in [3.63, 3.8) is 0 Å². The minimum Gasteiger partial charge on any atom is -0.496 e. The van der Waals surface area contributed by atoms with Crippen LogP contribution in [-0.2, 0) is 22.6 Å². The predicted octanol–water partition coefficient (Wildman–Crippen LogP) is 3.60. The summed E-state index contributed by atoms with van der Waals surface area (Å²) in [6, 6.07) is 14.0. The van der Waals surface area contributed by atoms with Crippen molar-refractivity contribution in [2.45, 2.75) is 13.0 Å². The van der Waals surface area contributed by atoms with Gasteiger partial charge in [0.2, 0.25) is 0 Å². The topological polar surface area (TPSA) is 95.9 Å². The molecule has 0 aliphatic rings. The van der Waals surface area contributed by atoms with E-state index in [0.29, 0.717) is 0 Å². The van der Waals surface area contributed by atoms with Crippen LogP contribution in [0.15, 0.2) is 46.9 Å². The standard InChI is InChI=1S/C16H17BrClNO.C2H2O4/c1-20-16-6-5-14(17)10-13(16)11-19-8-7-12-3-2-4-15(18)9-12;3-1(4)2(5)6/h2-6,9-10,19H,7-8,11H2,1H3;(H,3,4)(H,5,6). The number of methoxy groups -OCH3 is 1. The zero-order valence-corrected chi connectivity index (χ0v) is 16.4. The second-order valence-corrected chi connectivity index (χ2v) is 6.48. The van der Waals surface area contributed by atoms with Crippen molar-refractivity contribution in [1.29, 1.82) is 0 Å². The van der Waals surface area contributed by atoms with E-state index in [1.54, 1.807) is 7.11 Å². The maximum atomic E-state index is 9.10. The Kier molecular flexibility index (Phi) is 9.72. The third kappa shape index (κ3) is 8.33. The molecule has 140 valence electrons. The molecule has 6 nitrogen and oxygen atoms in total. The number of aliphatic carboxylic acids is 2. The molecule has 0 aliphatic carbocycles. The smallest absolute Gasteiger partial charge is 0.414 e. The van der Waals surface area contributed by atoms with E-state index in [-0.39, 0.29) is 0 Å². The molecule has 0 saturated heterocycles. The number of carboxylic acids is 2. The van der Waals surface area contributed by atoms with Crippen LogP contribution in [-0.4, -0.2) is 35.8 Å². The number of hydrogen-bond acceptors (Lipinski definition) is 4. The van der Waals surface area contributed by atoms with Gasteiger partial charge in [-0.15, -0.1) is 0 Å². The molecular weight excluding hydrogens is 426 g/mol. The number of rotatable bonds is 6. The Morgan fingerprint density at radius 2 is 1.85 bits per heavy atom. The van der Waals surface area contributed by atoms with Crippen LogP contribution >= 0.6 is 27.5 Å². The van der Waals surface area contributed by atoms with Gasteiger partial charge in [-0.05, 0) is 48.9 Å². The number of halogens is 2. The molecule has 0 unspecified atom stereocenters. The Hall–Kier alpha value is -2.09. The SMILES string of the molecule is COc1ccc(Br)cc1CNCCc1cccc(Cl)c1.O=C(O)C(=O)O. The molecule has 0 saturated carbocycles. The highest BCUT2D eigenvalue weighted by molar-refractivity contribution is 9.10. The van der Waals surface area contributed by atoms with Crippen LogP contribution in [0.1, 0.15) is 11.1 Å². The highest BCUT2D eigenvalue weighted by Crippen LogP contribution is 2.22. The Morgan fingerprint density at radius 3 is 2.42 bits per heavy atom. The summed E-state index contributed by atoms with van der Waals surface area (Å²) in [4.78, 5) is 18.2. The van der Waals surface area contributed by atoms with Crippen LogP contribution in [0.25, 0.3) is 0 Å². The summed E-state index contributed by atoms with van der Waals surface area (Å²) in [5.41, 5.74) is 2.39. The number of hydrogen-bond donors (Lipinski definition) is 3. The van der Waals surface area contributed by atoms with Crippen molar-refractivity contribution in [3.05, 3.63) is 63.1 Å². The molecule has 0 heterocycles. The lowest BCUT2D eigenvalue weighted by atomic mass is 10.1. The van der Waals surface area contributed by atoms with Crippen molar-refractivity contribution >= 4 is 39.5 Å². The molecule has 0 aliphatic heterocycles. The lowest BCUT2D eigenvalue weighted by Gasteiger charge is -2.10. The van der Waals surface area contributed by atoms with Gasteiger partial charge in [-0.2, -0.15) is 0 Å². The van der Waals surface area contributed by atoms with Gasteiger partial charge in [0.15, 0.2) is 0 Å². The Labute approximate surface area is 164 Å². The molecule has 2 aromatic carbocycles. The second kappa shape index (κ2) is 11.5. The first-order valence-corrected chi connectivity index (χ1v) is 8.74. The molecule has 2 rings (SSSR count). The van der Waals surface area contributed by atoms with Crippen LogP contribution in [0.5, 0.6) is 5.75 Å². The van der Waals surface area contributed by atoms with Gasteiger partial charge in [-0.1, -0.05) is 39.7 Å². The molecule has 0 amide bonds. The number of ether oxygens (including phenoxy) is 1. The normalized spacial score (nSPS) is 9.81. The summed E-state index contributed by atoms with van der Waals surface area (Å²) in [5, 5.41) is 19.0. The maximum Gasteiger partial charge on any atom is 0.414 e. The van der Waals surface area contributed by atoms with Crippen LogP contribution in [0.4, 0.5) is 0 Å². The molecule has 0 radical (unpaired) electrons. The summed E-state index contributed by atoms with van der Waals surface area (Å²) in [6.07, 6.45) is 0.955. The number of benzene rings is 2. The third-order valence-corrected chi connectivity index (χ3v) is 3.95. The van der Waals surface area contributed by atoms with Gasteiger partial charge in [0.05, 0.1) is 7.11 Å².